The number of hydrogen-bond acceptors (Lipinski definition) is 6. The number of anilines is 1. The van der Waals surface area contributed by atoms with Crippen molar-refractivity contribution in [3.63, 3.8) is 0 Å². The molecule has 3 aromatic heterocycles. The normalized spacial score (nSPS) is 16.6. The third-order valence-electron chi connectivity index (χ3n) is 6.81. The Kier molecular flexibility index (Phi) is 6.14. The van der Waals surface area contributed by atoms with E-state index in [1.54, 1.807) is 36.7 Å². The van der Waals surface area contributed by atoms with Gasteiger partial charge in [0.25, 0.3) is 11.8 Å². The van der Waals surface area contributed by atoms with E-state index in [-0.39, 0.29) is 17.9 Å². The Hall–Kier alpha value is -4.84. The van der Waals surface area contributed by atoms with Crippen molar-refractivity contribution in [3.8, 4) is 23.1 Å². The van der Waals surface area contributed by atoms with Crippen molar-refractivity contribution in [2.24, 2.45) is 10.9 Å². The van der Waals surface area contributed by atoms with Crippen molar-refractivity contribution in [1.82, 2.24) is 24.3 Å². The minimum absolute atomic E-state index is 0.155. The quantitative estimate of drug-likeness (QED) is 0.320. The van der Waals surface area contributed by atoms with Crippen LogP contribution in [0.3, 0.4) is 0 Å². The summed E-state index contributed by atoms with van der Waals surface area (Å²) in [5.41, 5.74) is 2.65. The molecular weight excluding hydrogens is 478 g/mol. The molecule has 9 heteroatoms. The first-order valence-electron chi connectivity index (χ1n) is 12.6. The van der Waals surface area contributed by atoms with E-state index in [0.29, 0.717) is 40.9 Å². The van der Waals surface area contributed by atoms with Crippen LogP contribution in [-0.4, -0.2) is 49.3 Å². The number of hydrogen-bond donors (Lipinski definition) is 1. The first-order valence-corrected chi connectivity index (χ1v) is 12.6. The summed E-state index contributed by atoms with van der Waals surface area (Å²) in [4.78, 5) is 45.2. The van der Waals surface area contributed by atoms with E-state index >= 15 is 0 Å². The molecule has 38 heavy (non-hydrogen) atoms. The number of likely N-dealkylation sites (tertiary alicyclic amines) is 1. The van der Waals surface area contributed by atoms with Crippen LogP contribution in [0.5, 0.6) is 0 Å². The van der Waals surface area contributed by atoms with Gasteiger partial charge in [-0.3, -0.25) is 14.0 Å². The molecule has 4 heterocycles. The zero-order valence-electron chi connectivity index (χ0n) is 20.7. The molecule has 0 spiro atoms. The Morgan fingerprint density at radius 2 is 1.89 bits per heavy atom. The second-order valence-electron chi connectivity index (χ2n) is 9.39. The lowest BCUT2D eigenvalue weighted by Crippen LogP contribution is -2.30. The van der Waals surface area contributed by atoms with Crippen molar-refractivity contribution >= 4 is 35.7 Å². The van der Waals surface area contributed by atoms with Crippen molar-refractivity contribution in [3.05, 3.63) is 72.4 Å². The zero-order valence-corrected chi connectivity index (χ0v) is 20.7. The van der Waals surface area contributed by atoms with Crippen LogP contribution in [0.1, 0.15) is 47.9 Å². The minimum Gasteiger partial charge on any atom is -0.322 e. The number of nitrogens with zero attached hydrogens (tertiary/aromatic N) is 6. The smallest absolute Gasteiger partial charge is 0.299 e. The van der Waals surface area contributed by atoms with E-state index in [9.17, 15) is 9.59 Å². The number of benzene rings is 1. The van der Waals surface area contributed by atoms with E-state index in [1.165, 1.54) is 0 Å². The summed E-state index contributed by atoms with van der Waals surface area (Å²) in [5.74, 6) is 7.54. The number of fused-ring (bicyclic) bond motifs is 1. The van der Waals surface area contributed by atoms with Gasteiger partial charge in [-0.2, -0.15) is 0 Å². The molecule has 188 valence electrons. The van der Waals surface area contributed by atoms with E-state index in [1.807, 2.05) is 33.7 Å². The summed E-state index contributed by atoms with van der Waals surface area (Å²) in [5, 5.41) is 2.79. The van der Waals surface area contributed by atoms with Crippen LogP contribution in [0.2, 0.25) is 0 Å². The lowest BCUT2D eigenvalue weighted by atomic mass is 10.1. The Bertz CT molecular complexity index is 1600. The third-order valence-corrected chi connectivity index (χ3v) is 6.81. The van der Waals surface area contributed by atoms with Crippen molar-refractivity contribution in [2.75, 3.05) is 11.9 Å². The third kappa shape index (κ3) is 4.52. The molecule has 1 N–H and O–H groups in total. The number of aliphatic imine (C=N–C) groups is 1. The second kappa shape index (κ2) is 9.90. The summed E-state index contributed by atoms with van der Waals surface area (Å²) in [6, 6.07) is 12.3. The molecule has 2 amide bonds. The molecule has 0 radical (unpaired) electrons. The van der Waals surface area contributed by atoms with Crippen LogP contribution in [0, 0.1) is 17.8 Å². The highest BCUT2D eigenvalue weighted by molar-refractivity contribution is 6.04. The van der Waals surface area contributed by atoms with Crippen LogP contribution in [0.25, 0.3) is 16.8 Å². The second-order valence-corrected chi connectivity index (χ2v) is 9.39. The monoisotopic (exact) mass is 503 g/mol. The fourth-order valence-electron chi connectivity index (χ4n) is 4.74. The highest BCUT2D eigenvalue weighted by Gasteiger charge is 2.34. The Morgan fingerprint density at radius 3 is 2.63 bits per heavy atom. The number of nitrogens with one attached hydrogen (secondary N) is 1. The van der Waals surface area contributed by atoms with Gasteiger partial charge in [-0.05, 0) is 62.6 Å². The first kappa shape index (κ1) is 23.6. The lowest BCUT2D eigenvalue weighted by molar-refractivity contribution is -0.126. The van der Waals surface area contributed by atoms with Crippen LogP contribution in [0.15, 0.2) is 66.0 Å². The van der Waals surface area contributed by atoms with Crippen molar-refractivity contribution < 1.29 is 9.59 Å². The SMILES string of the molecule is C=Nc1nccn2c([C@@H]3CCCN3C(=O)C#CC3CC3)nc(-c3ccc(C(=O)Nc4ccccn4)cc3)c12. The number of imidazole rings is 1. The molecule has 2 aliphatic rings. The van der Waals surface area contributed by atoms with Gasteiger partial charge in [-0.25, -0.2) is 19.9 Å². The highest BCUT2D eigenvalue weighted by atomic mass is 16.2. The van der Waals surface area contributed by atoms with Gasteiger partial charge in [0, 0.05) is 42.2 Å². The number of pyridine rings is 1. The molecule has 1 aromatic carbocycles. The van der Waals surface area contributed by atoms with Gasteiger partial charge in [0.15, 0.2) is 5.82 Å². The van der Waals surface area contributed by atoms with Gasteiger partial charge in [-0.15, -0.1) is 0 Å². The maximum absolute atomic E-state index is 13.0. The molecule has 1 saturated heterocycles. The minimum atomic E-state index is -0.256. The topological polar surface area (TPSA) is 105 Å². The molecule has 2 fully saturated rings. The molecular formula is C29H25N7O2. The van der Waals surface area contributed by atoms with Gasteiger partial charge in [0.05, 0.1) is 6.04 Å². The van der Waals surface area contributed by atoms with Gasteiger partial charge in [0.1, 0.15) is 22.9 Å². The predicted octanol–water partition coefficient (Wildman–Crippen LogP) is 4.45. The maximum Gasteiger partial charge on any atom is 0.299 e. The highest BCUT2D eigenvalue weighted by Crippen LogP contribution is 2.37. The number of aromatic nitrogens is 4. The van der Waals surface area contributed by atoms with Crippen LogP contribution < -0.4 is 5.32 Å². The fourth-order valence-corrected chi connectivity index (χ4v) is 4.74. The molecule has 4 aromatic rings. The maximum atomic E-state index is 13.0. The molecule has 1 saturated carbocycles. The summed E-state index contributed by atoms with van der Waals surface area (Å²) < 4.78 is 1.94. The van der Waals surface area contributed by atoms with Crippen LogP contribution in [-0.2, 0) is 4.79 Å². The average Bonchev–Trinajstić information content (AvgIpc) is 3.51. The number of carbonyl (C=O) groups is 2. The molecule has 0 unspecified atom stereocenters. The molecule has 1 aliphatic heterocycles. The van der Waals surface area contributed by atoms with E-state index in [2.05, 4.69) is 38.8 Å². The molecule has 6 rings (SSSR count). The van der Waals surface area contributed by atoms with Crippen molar-refractivity contribution in [1.29, 1.82) is 0 Å². The van der Waals surface area contributed by atoms with Gasteiger partial charge in [0.2, 0.25) is 0 Å². The average molecular weight is 504 g/mol. The molecule has 9 nitrogen and oxygen atoms in total. The summed E-state index contributed by atoms with van der Waals surface area (Å²) in [7, 11) is 0. The number of amides is 2. The van der Waals surface area contributed by atoms with E-state index in [4.69, 9.17) is 4.98 Å². The van der Waals surface area contributed by atoms with Crippen molar-refractivity contribution in [2.45, 2.75) is 31.7 Å². The largest absolute Gasteiger partial charge is 0.322 e. The Balaban J connectivity index is 1.35. The standard InChI is InChI=1S/C29H25N7O2/c1-30-27-26-25(20-10-12-21(13-11-20)29(38)33-23-6-2-3-15-31-23)34-28(36(26)18-16-32-27)22-5-4-17-35(22)24(37)14-9-19-7-8-19/h2-3,6,10-13,15-16,18-19,22H,1,4-5,7-8,17H2,(H,31,33,38)/t22-/m0/s1. The summed E-state index contributed by atoms with van der Waals surface area (Å²) in [6.45, 7) is 4.34. The van der Waals surface area contributed by atoms with Gasteiger partial charge in [-0.1, -0.05) is 24.1 Å². The summed E-state index contributed by atoms with van der Waals surface area (Å²) >= 11 is 0. The Labute approximate surface area is 219 Å². The van der Waals surface area contributed by atoms with Crippen LogP contribution in [0.4, 0.5) is 11.6 Å². The lowest BCUT2D eigenvalue weighted by Gasteiger charge is -2.21. The molecule has 1 aliphatic carbocycles. The molecule has 1 atom stereocenters. The van der Waals surface area contributed by atoms with E-state index in [0.717, 1.165) is 37.1 Å². The van der Waals surface area contributed by atoms with Gasteiger partial charge < -0.3 is 10.2 Å². The number of rotatable bonds is 5. The fraction of sp³-hybridized carbons (Fsp3) is 0.241. The van der Waals surface area contributed by atoms with Crippen LogP contribution >= 0.6 is 0 Å². The molecule has 0 bridgehead atoms. The number of carbonyl (C=O) groups excluding carboxylic acids is 2. The van der Waals surface area contributed by atoms with E-state index < -0.39 is 0 Å². The zero-order chi connectivity index (χ0) is 26.1. The predicted molar refractivity (Wildman–Crippen MR) is 144 cm³/mol. The first-order chi connectivity index (χ1) is 18.6. The Morgan fingerprint density at radius 1 is 1.05 bits per heavy atom. The van der Waals surface area contributed by atoms with Gasteiger partial charge >= 0.3 is 0 Å². The summed E-state index contributed by atoms with van der Waals surface area (Å²) in [6.07, 6.45) is 8.94.